The van der Waals surface area contributed by atoms with E-state index in [0.717, 1.165) is 4.47 Å². The maximum atomic E-state index is 12.1. The Morgan fingerprint density at radius 1 is 1.37 bits per heavy atom. The molecule has 0 aliphatic rings. The SMILES string of the molecule is CCOc1ncccc1C(=O)Nc1ccc(Br)cn1. The van der Waals surface area contributed by atoms with Gasteiger partial charge in [0.15, 0.2) is 0 Å². The lowest BCUT2D eigenvalue weighted by Gasteiger charge is -2.08. The number of aromatic nitrogens is 2. The summed E-state index contributed by atoms with van der Waals surface area (Å²) in [5.74, 6) is 0.491. The number of carbonyl (C=O) groups excluding carboxylic acids is 1. The van der Waals surface area contributed by atoms with Crippen LogP contribution in [0.4, 0.5) is 5.82 Å². The topological polar surface area (TPSA) is 64.1 Å². The second-order valence-corrected chi connectivity index (χ2v) is 4.52. The van der Waals surface area contributed by atoms with Crippen molar-refractivity contribution in [1.29, 1.82) is 0 Å². The van der Waals surface area contributed by atoms with Gasteiger partial charge in [0.2, 0.25) is 5.88 Å². The summed E-state index contributed by atoms with van der Waals surface area (Å²) in [7, 11) is 0. The second kappa shape index (κ2) is 6.29. The molecule has 0 aliphatic carbocycles. The van der Waals surface area contributed by atoms with E-state index < -0.39 is 0 Å². The highest BCUT2D eigenvalue weighted by molar-refractivity contribution is 9.10. The molecule has 0 unspecified atom stereocenters. The Kier molecular flexibility index (Phi) is 4.46. The summed E-state index contributed by atoms with van der Waals surface area (Å²) >= 11 is 3.28. The number of nitrogens with zero attached hydrogens (tertiary/aromatic N) is 2. The molecule has 6 heteroatoms. The van der Waals surface area contributed by atoms with E-state index in [1.54, 1.807) is 36.7 Å². The molecule has 0 fully saturated rings. The van der Waals surface area contributed by atoms with E-state index in [0.29, 0.717) is 23.9 Å². The van der Waals surface area contributed by atoms with Gasteiger partial charge in [-0.15, -0.1) is 0 Å². The Labute approximate surface area is 119 Å². The van der Waals surface area contributed by atoms with E-state index >= 15 is 0 Å². The van der Waals surface area contributed by atoms with E-state index in [2.05, 4.69) is 31.2 Å². The highest BCUT2D eigenvalue weighted by Crippen LogP contribution is 2.17. The van der Waals surface area contributed by atoms with Crippen molar-refractivity contribution in [3.63, 3.8) is 0 Å². The number of hydrogen-bond acceptors (Lipinski definition) is 4. The molecule has 0 bridgehead atoms. The molecule has 0 spiro atoms. The van der Waals surface area contributed by atoms with Gasteiger partial charge in [-0.2, -0.15) is 0 Å². The van der Waals surface area contributed by atoms with Crippen LogP contribution in [0.1, 0.15) is 17.3 Å². The average Bonchev–Trinajstić information content (AvgIpc) is 2.42. The second-order valence-electron chi connectivity index (χ2n) is 3.60. The van der Waals surface area contributed by atoms with E-state index in [4.69, 9.17) is 4.74 Å². The minimum absolute atomic E-state index is 0.300. The van der Waals surface area contributed by atoms with Gasteiger partial charge >= 0.3 is 0 Å². The van der Waals surface area contributed by atoms with Crippen molar-refractivity contribution in [2.24, 2.45) is 0 Å². The first-order valence-corrected chi connectivity index (χ1v) is 6.50. The fourth-order valence-electron chi connectivity index (χ4n) is 1.45. The minimum Gasteiger partial charge on any atom is -0.477 e. The van der Waals surface area contributed by atoms with Crippen LogP contribution in [0.25, 0.3) is 0 Å². The molecular formula is C13H12BrN3O2. The fraction of sp³-hybridized carbons (Fsp3) is 0.154. The monoisotopic (exact) mass is 321 g/mol. The summed E-state index contributed by atoms with van der Waals surface area (Å²) in [4.78, 5) is 20.2. The number of nitrogens with one attached hydrogen (secondary N) is 1. The molecule has 1 N–H and O–H groups in total. The molecule has 2 aromatic rings. The van der Waals surface area contributed by atoms with Crippen LogP contribution in [0, 0.1) is 0 Å². The molecule has 0 aromatic carbocycles. The Balaban J connectivity index is 2.18. The van der Waals surface area contributed by atoms with Gasteiger partial charge in [0.05, 0.1) is 6.61 Å². The van der Waals surface area contributed by atoms with Crippen LogP contribution in [0.2, 0.25) is 0 Å². The fourth-order valence-corrected chi connectivity index (χ4v) is 1.68. The molecule has 0 saturated heterocycles. The molecule has 1 amide bonds. The van der Waals surface area contributed by atoms with Gasteiger partial charge in [-0.1, -0.05) is 0 Å². The van der Waals surface area contributed by atoms with Gasteiger partial charge in [-0.3, -0.25) is 4.79 Å². The van der Waals surface area contributed by atoms with Crippen LogP contribution in [0.3, 0.4) is 0 Å². The van der Waals surface area contributed by atoms with E-state index in [1.807, 2.05) is 6.92 Å². The van der Waals surface area contributed by atoms with Crippen LogP contribution >= 0.6 is 15.9 Å². The van der Waals surface area contributed by atoms with Crippen LogP contribution in [0.15, 0.2) is 41.1 Å². The number of halogens is 1. The number of pyridine rings is 2. The summed E-state index contributed by atoms with van der Waals surface area (Å²) in [5, 5.41) is 2.69. The number of carbonyl (C=O) groups is 1. The molecule has 98 valence electrons. The minimum atomic E-state index is -0.300. The predicted molar refractivity (Wildman–Crippen MR) is 75.3 cm³/mol. The maximum absolute atomic E-state index is 12.1. The highest BCUT2D eigenvalue weighted by atomic mass is 79.9. The number of rotatable bonds is 4. The molecule has 5 nitrogen and oxygen atoms in total. The average molecular weight is 322 g/mol. The van der Waals surface area contributed by atoms with Crippen LogP contribution < -0.4 is 10.1 Å². The van der Waals surface area contributed by atoms with Crippen molar-refractivity contribution >= 4 is 27.7 Å². The molecule has 2 rings (SSSR count). The number of anilines is 1. The van der Waals surface area contributed by atoms with E-state index in [1.165, 1.54) is 0 Å². The summed E-state index contributed by atoms with van der Waals surface area (Å²) in [6.45, 7) is 2.29. The molecule has 2 heterocycles. The smallest absolute Gasteiger partial charge is 0.262 e. The predicted octanol–water partition coefficient (Wildman–Crippen LogP) is 2.89. The zero-order valence-corrected chi connectivity index (χ0v) is 11.8. The third-order valence-electron chi connectivity index (χ3n) is 2.27. The quantitative estimate of drug-likeness (QED) is 0.940. The highest BCUT2D eigenvalue weighted by Gasteiger charge is 2.13. The van der Waals surface area contributed by atoms with Crippen LogP contribution in [0.5, 0.6) is 5.88 Å². The van der Waals surface area contributed by atoms with Gasteiger partial charge in [0, 0.05) is 16.9 Å². The standard InChI is InChI=1S/C13H12BrN3O2/c1-2-19-13-10(4-3-7-15-13)12(18)17-11-6-5-9(14)8-16-11/h3-8H,2H2,1H3,(H,16,17,18). The third kappa shape index (κ3) is 3.51. The van der Waals surface area contributed by atoms with Crippen molar-refractivity contribution in [2.45, 2.75) is 6.92 Å². The van der Waals surface area contributed by atoms with Gasteiger partial charge in [0.25, 0.3) is 5.91 Å². The zero-order valence-electron chi connectivity index (χ0n) is 10.3. The molecule has 0 atom stereocenters. The summed E-state index contributed by atoms with van der Waals surface area (Å²) in [6.07, 6.45) is 3.20. The van der Waals surface area contributed by atoms with Crippen LogP contribution in [-0.2, 0) is 0 Å². The van der Waals surface area contributed by atoms with Gasteiger partial charge < -0.3 is 10.1 Å². The van der Waals surface area contributed by atoms with Gasteiger partial charge in [-0.25, -0.2) is 9.97 Å². The first-order valence-electron chi connectivity index (χ1n) is 5.71. The van der Waals surface area contributed by atoms with Crippen molar-refractivity contribution < 1.29 is 9.53 Å². The Bertz CT molecular complexity index is 572. The molecule has 0 saturated carbocycles. The van der Waals surface area contributed by atoms with Crippen molar-refractivity contribution in [1.82, 2.24) is 9.97 Å². The van der Waals surface area contributed by atoms with Gasteiger partial charge in [-0.05, 0) is 47.1 Å². The van der Waals surface area contributed by atoms with E-state index in [-0.39, 0.29) is 5.91 Å². The lowest BCUT2D eigenvalue weighted by molar-refractivity contribution is 0.102. The van der Waals surface area contributed by atoms with Crippen molar-refractivity contribution in [2.75, 3.05) is 11.9 Å². The van der Waals surface area contributed by atoms with Crippen LogP contribution in [-0.4, -0.2) is 22.5 Å². The summed E-state index contributed by atoms with van der Waals surface area (Å²) in [6, 6.07) is 6.85. The first kappa shape index (κ1) is 13.5. The van der Waals surface area contributed by atoms with Gasteiger partial charge in [0.1, 0.15) is 11.4 Å². The van der Waals surface area contributed by atoms with Crippen molar-refractivity contribution in [3.05, 3.63) is 46.7 Å². The number of ether oxygens (including phenoxy) is 1. The Morgan fingerprint density at radius 2 is 2.21 bits per heavy atom. The molecule has 0 aliphatic heterocycles. The normalized spacial score (nSPS) is 10.0. The summed E-state index contributed by atoms with van der Waals surface area (Å²) < 4.78 is 6.16. The molecule has 19 heavy (non-hydrogen) atoms. The molecule has 2 aromatic heterocycles. The largest absolute Gasteiger partial charge is 0.477 e. The molecular weight excluding hydrogens is 310 g/mol. The van der Waals surface area contributed by atoms with E-state index in [9.17, 15) is 4.79 Å². The zero-order chi connectivity index (χ0) is 13.7. The lowest BCUT2D eigenvalue weighted by Crippen LogP contribution is -2.15. The Morgan fingerprint density at radius 3 is 2.89 bits per heavy atom. The maximum Gasteiger partial charge on any atom is 0.262 e. The first-order chi connectivity index (χ1) is 9.20. The Hall–Kier alpha value is -1.95. The number of hydrogen-bond donors (Lipinski definition) is 1. The van der Waals surface area contributed by atoms with Crippen molar-refractivity contribution in [3.8, 4) is 5.88 Å². The lowest BCUT2D eigenvalue weighted by atomic mass is 10.2. The molecule has 0 radical (unpaired) electrons. The summed E-state index contributed by atoms with van der Waals surface area (Å²) in [5.41, 5.74) is 0.383. The number of amides is 1. The third-order valence-corrected chi connectivity index (χ3v) is 2.73.